The minimum absolute atomic E-state index is 0.112. The van der Waals surface area contributed by atoms with Gasteiger partial charge in [-0.25, -0.2) is 9.37 Å². The monoisotopic (exact) mass is 559 g/mol. The smallest absolute Gasteiger partial charge is 0.417 e. The van der Waals surface area contributed by atoms with Crippen molar-refractivity contribution < 1.29 is 27.1 Å². The van der Waals surface area contributed by atoms with Crippen LogP contribution in [0.5, 0.6) is 5.88 Å². The summed E-state index contributed by atoms with van der Waals surface area (Å²) >= 11 is 0. The number of nitrogens with zero attached hydrogens (tertiary/aromatic N) is 3. The van der Waals surface area contributed by atoms with Crippen LogP contribution in [0.15, 0.2) is 47.5 Å². The fourth-order valence-electron chi connectivity index (χ4n) is 4.72. The molecular weight excluding hydrogens is 530 g/mol. The number of carbonyl (C=O) groups excluding carboxylic acids is 1. The number of likely N-dealkylation sites (N-methyl/N-ethyl adjacent to an activating group) is 1. The molecule has 0 radical (unpaired) electrons. The zero-order valence-corrected chi connectivity index (χ0v) is 22.0. The molecule has 0 spiro atoms. The van der Waals surface area contributed by atoms with Gasteiger partial charge in [0.1, 0.15) is 5.82 Å². The van der Waals surface area contributed by atoms with Gasteiger partial charge in [-0.1, -0.05) is 0 Å². The van der Waals surface area contributed by atoms with E-state index in [4.69, 9.17) is 4.74 Å². The lowest BCUT2D eigenvalue weighted by Crippen LogP contribution is -2.32. The number of amides is 1. The first-order chi connectivity index (χ1) is 19.0. The summed E-state index contributed by atoms with van der Waals surface area (Å²) in [5, 5.41) is 2.54. The minimum atomic E-state index is -4.93. The summed E-state index contributed by atoms with van der Waals surface area (Å²) in [7, 11) is 3.86. The highest BCUT2D eigenvalue weighted by atomic mass is 19.4. The van der Waals surface area contributed by atoms with Gasteiger partial charge in [-0.2, -0.15) is 13.2 Å². The molecular formula is C28H29F4N5O3. The molecule has 2 aromatic heterocycles. The van der Waals surface area contributed by atoms with Gasteiger partial charge in [0.25, 0.3) is 5.91 Å². The highest BCUT2D eigenvalue weighted by molar-refractivity contribution is 6.07. The zero-order chi connectivity index (χ0) is 28.6. The molecule has 1 unspecified atom stereocenters. The third kappa shape index (κ3) is 6.11. The van der Waals surface area contributed by atoms with Crippen LogP contribution in [-0.2, 0) is 6.18 Å². The molecule has 1 aliphatic carbocycles. The minimum Gasteiger partial charge on any atom is -0.477 e. The Bertz CT molecular complexity index is 1450. The Morgan fingerprint density at radius 2 is 1.98 bits per heavy atom. The largest absolute Gasteiger partial charge is 0.477 e. The van der Waals surface area contributed by atoms with Crippen LogP contribution in [0.1, 0.15) is 35.2 Å². The van der Waals surface area contributed by atoms with E-state index in [2.05, 4.69) is 15.3 Å². The van der Waals surface area contributed by atoms with E-state index in [-0.39, 0.29) is 17.3 Å². The molecule has 1 saturated carbocycles. The van der Waals surface area contributed by atoms with E-state index in [0.29, 0.717) is 48.8 Å². The van der Waals surface area contributed by atoms with Gasteiger partial charge in [0.05, 0.1) is 29.1 Å². The van der Waals surface area contributed by atoms with E-state index in [1.54, 1.807) is 12.1 Å². The summed E-state index contributed by atoms with van der Waals surface area (Å²) < 4.78 is 62.1. The van der Waals surface area contributed by atoms with Gasteiger partial charge in [-0.15, -0.1) is 0 Å². The van der Waals surface area contributed by atoms with Crippen LogP contribution in [0.4, 0.5) is 28.9 Å². The number of hydrogen-bond acceptors (Lipinski definition) is 6. The van der Waals surface area contributed by atoms with Crippen molar-refractivity contribution in [3.8, 4) is 17.0 Å². The molecule has 2 aliphatic rings. The molecule has 1 atom stereocenters. The lowest BCUT2D eigenvalue weighted by molar-refractivity contribution is -0.138. The van der Waals surface area contributed by atoms with Crippen molar-refractivity contribution in [3.05, 3.63) is 70.0 Å². The maximum Gasteiger partial charge on any atom is 0.417 e. The van der Waals surface area contributed by atoms with Crippen molar-refractivity contribution in [1.29, 1.82) is 0 Å². The number of benzene rings is 1. The standard InChI is InChI=1S/C28H29F4N5O3/c1-36(2)18-7-8-37(14-18)24-11-22(29)19(17-5-6-26(34-12-17)40-15-16-3-4-16)9-23(24)35-27(39)20-13-33-25(38)10-21(20)28(30,31)32/h5-6,9-13,16,18H,3-4,7-8,14-15H2,1-2H3,(H,33,38)(H,35,39). The molecule has 1 amide bonds. The lowest BCUT2D eigenvalue weighted by Gasteiger charge is -2.25. The van der Waals surface area contributed by atoms with Gasteiger partial charge < -0.3 is 24.8 Å². The maximum atomic E-state index is 15.5. The number of carbonyl (C=O) groups is 1. The van der Waals surface area contributed by atoms with Crippen LogP contribution in [0, 0.1) is 11.7 Å². The summed E-state index contributed by atoms with van der Waals surface area (Å²) in [6.07, 6.45) is 0.287. The molecule has 2 N–H and O–H groups in total. The highest BCUT2D eigenvalue weighted by Gasteiger charge is 2.36. The first-order valence-electron chi connectivity index (χ1n) is 12.9. The molecule has 2 fully saturated rings. The Kier molecular flexibility index (Phi) is 7.54. The number of anilines is 2. The Hall–Kier alpha value is -3.93. The second kappa shape index (κ2) is 10.9. The van der Waals surface area contributed by atoms with Crippen molar-refractivity contribution in [3.63, 3.8) is 0 Å². The van der Waals surface area contributed by atoms with Crippen molar-refractivity contribution in [1.82, 2.24) is 14.9 Å². The maximum absolute atomic E-state index is 15.5. The number of nitrogens with one attached hydrogen (secondary N) is 2. The molecule has 212 valence electrons. The van der Waals surface area contributed by atoms with Crippen LogP contribution in [0.3, 0.4) is 0 Å². The summed E-state index contributed by atoms with van der Waals surface area (Å²) in [5.74, 6) is -0.719. The van der Waals surface area contributed by atoms with Crippen molar-refractivity contribution >= 4 is 17.3 Å². The number of ether oxygens (including phenoxy) is 1. The number of rotatable bonds is 8. The van der Waals surface area contributed by atoms with E-state index in [1.807, 2.05) is 23.9 Å². The fourth-order valence-corrected chi connectivity index (χ4v) is 4.72. The van der Waals surface area contributed by atoms with Crippen LogP contribution in [0.25, 0.3) is 11.1 Å². The van der Waals surface area contributed by atoms with Gasteiger partial charge in [-0.3, -0.25) is 9.59 Å². The first-order valence-corrected chi connectivity index (χ1v) is 12.9. The average Bonchev–Trinajstić information content (AvgIpc) is 3.61. The third-order valence-corrected chi connectivity index (χ3v) is 7.25. The van der Waals surface area contributed by atoms with Crippen molar-refractivity contribution in [2.24, 2.45) is 5.92 Å². The zero-order valence-electron chi connectivity index (χ0n) is 22.0. The number of H-pyrrole nitrogens is 1. The summed E-state index contributed by atoms with van der Waals surface area (Å²) in [6, 6.07) is 6.45. The van der Waals surface area contributed by atoms with Gasteiger partial charge in [0.2, 0.25) is 11.4 Å². The van der Waals surface area contributed by atoms with Gasteiger partial charge in [0.15, 0.2) is 0 Å². The number of hydrogen-bond donors (Lipinski definition) is 2. The van der Waals surface area contributed by atoms with Crippen LogP contribution in [-0.4, -0.2) is 60.6 Å². The molecule has 0 bridgehead atoms. The SMILES string of the molecule is CN(C)C1CCN(c2cc(F)c(-c3ccc(OCC4CC4)nc3)cc2NC(=O)c2c[nH]c(=O)cc2C(F)(F)F)C1. The molecule has 3 aromatic rings. The number of alkyl halides is 3. The Morgan fingerprint density at radius 3 is 2.60 bits per heavy atom. The summed E-state index contributed by atoms with van der Waals surface area (Å²) in [4.78, 5) is 35.0. The van der Waals surface area contributed by atoms with Gasteiger partial charge in [0, 0.05) is 54.8 Å². The second-order valence-electron chi connectivity index (χ2n) is 10.4. The normalized spacial score (nSPS) is 17.4. The van der Waals surface area contributed by atoms with Crippen LogP contribution in [0.2, 0.25) is 0 Å². The topological polar surface area (TPSA) is 90.6 Å². The molecule has 8 nitrogen and oxygen atoms in total. The predicted molar refractivity (Wildman–Crippen MR) is 142 cm³/mol. The van der Waals surface area contributed by atoms with E-state index < -0.39 is 34.6 Å². The molecule has 1 aromatic carbocycles. The lowest BCUT2D eigenvalue weighted by atomic mass is 10.0. The molecule has 12 heteroatoms. The Balaban J connectivity index is 1.50. The Labute approximate surface area is 228 Å². The number of pyridine rings is 2. The average molecular weight is 560 g/mol. The number of aromatic nitrogens is 2. The number of aromatic amines is 1. The van der Waals surface area contributed by atoms with Crippen molar-refractivity contribution in [2.45, 2.75) is 31.5 Å². The summed E-state index contributed by atoms with van der Waals surface area (Å²) in [5.41, 5.74) is -2.11. The molecule has 3 heterocycles. The Morgan fingerprint density at radius 1 is 1.20 bits per heavy atom. The highest BCUT2D eigenvalue weighted by Crippen LogP contribution is 2.38. The second-order valence-corrected chi connectivity index (χ2v) is 10.4. The van der Waals surface area contributed by atoms with Crippen molar-refractivity contribution in [2.75, 3.05) is 44.0 Å². The van der Waals surface area contributed by atoms with E-state index in [1.165, 1.54) is 18.3 Å². The van der Waals surface area contributed by atoms with Crippen LogP contribution < -0.4 is 20.5 Å². The fraction of sp³-hybridized carbons (Fsp3) is 0.393. The van der Waals surface area contributed by atoms with E-state index in [0.717, 1.165) is 25.5 Å². The molecule has 1 saturated heterocycles. The van der Waals surface area contributed by atoms with Crippen LogP contribution >= 0.6 is 0 Å². The van der Waals surface area contributed by atoms with E-state index >= 15 is 4.39 Å². The molecule has 40 heavy (non-hydrogen) atoms. The molecule has 5 rings (SSSR count). The van der Waals surface area contributed by atoms with Gasteiger partial charge >= 0.3 is 6.18 Å². The quantitative estimate of drug-likeness (QED) is 0.387. The third-order valence-electron chi connectivity index (χ3n) is 7.25. The predicted octanol–water partition coefficient (Wildman–Crippen LogP) is 4.78. The molecule has 1 aliphatic heterocycles. The van der Waals surface area contributed by atoms with E-state index in [9.17, 15) is 22.8 Å². The van der Waals surface area contributed by atoms with Gasteiger partial charge in [-0.05, 0) is 57.5 Å². The number of halogens is 4. The summed E-state index contributed by atoms with van der Waals surface area (Å²) in [6.45, 7) is 1.67. The first kappa shape index (κ1) is 27.6.